The molecule has 2 rings (SSSR count). The van der Waals surface area contributed by atoms with Crippen LogP contribution in [0.2, 0.25) is 0 Å². The number of nitrogens with one attached hydrogen (secondary N) is 1. The first-order chi connectivity index (χ1) is 8.29. The quantitative estimate of drug-likeness (QED) is 0.769. The first-order valence-electron chi connectivity index (χ1n) is 7.30. The van der Waals surface area contributed by atoms with E-state index in [1.165, 1.54) is 19.4 Å². The lowest BCUT2D eigenvalue weighted by Crippen LogP contribution is -2.45. The number of piperidine rings is 1. The molecule has 3 heteroatoms. The van der Waals surface area contributed by atoms with Crippen LogP contribution >= 0.6 is 0 Å². The summed E-state index contributed by atoms with van der Waals surface area (Å²) in [5.41, 5.74) is 0. The molecule has 0 aromatic rings. The fourth-order valence-corrected chi connectivity index (χ4v) is 2.47. The van der Waals surface area contributed by atoms with E-state index in [9.17, 15) is 4.79 Å². The number of carbonyl (C=O) groups excluding carboxylic acids is 1. The molecule has 3 nitrogen and oxygen atoms in total. The van der Waals surface area contributed by atoms with E-state index in [0.717, 1.165) is 51.1 Å². The van der Waals surface area contributed by atoms with Gasteiger partial charge in [-0.25, -0.2) is 0 Å². The topological polar surface area (TPSA) is 32.3 Å². The second-order valence-corrected chi connectivity index (χ2v) is 5.61. The molecule has 2 fully saturated rings. The number of nitrogens with zero attached hydrogens (tertiary/aromatic N) is 1. The molecule has 1 heterocycles. The van der Waals surface area contributed by atoms with E-state index in [1.54, 1.807) is 0 Å². The summed E-state index contributed by atoms with van der Waals surface area (Å²) in [5.74, 6) is 1.33. The van der Waals surface area contributed by atoms with Gasteiger partial charge in [-0.15, -0.1) is 0 Å². The zero-order valence-corrected chi connectivity index (χ0v) is 11.1. The van der Waals surface area contributed by atoms with Gasteiger partial charge >= 0.3 is 0 Å². The Morgan fingerprint density at radius 2 is 1.94 bits per heavy atom. The van der Waals surface area contributed by atoms with E-state index in [0.29, 0.717) is 11.9 Å². The maximum atomic E-state index is 11.8. The third kappa shape index (κ3) is 4.30. The Hall–Kier alpha value is -0.570. The highest BCUT2D eigenvalue weighted by molar-refractivity contribution is 5.76. The molecule has 0 aromatic heterocycles. The third-order valence-corrected chi connectivity index (χ3v) is 3.98. The van der Waals surface area contributed by atoms with Crippen molar-refractivity contribution >= 4 is 5.91 Å². The molecule has 0 unspecified atom stereocenters. The predicted molar refractivity (Wildman–Crippen MR) is 69.9 cm³/mol. The van der Waals surface area contributed by atoms with Crippen molar-refractivity contribution in [3.63, 3.8) is 0 Å². The Kier molecular flexibility index (Phi) is 4.84. The third-order valence-electron chi connectivity index (χ3n) is 3.98. The first-order valence-corrected chi connectivity index (χ1v) is 7.30. The van der Waals surface area contributed by atoms with Crippen LogP contribution in [0.1, 0.15) is 51.9 Å². The highest BCUT2D eigenvalue weighted by Crippen LogP contribution is 2.28. The van der Waals surface area contributed by atoms with Gasteiger partial charge in [-0.05, 0) is 44.6 Å². The predicted octanol–water partition coefficient (Wildman–Crippen LogP) is 2.17. The van der Waals surface area contributed by atoms with Crippen molar-refractivity contribution in [1.29, 1.82) is 0 Å². The molecule has 1 saturated carbocycles. The molecular formula is C14H26N2O. The Morgan fingerprint density at radius 1 is 1.24 bits per heavy atom. The van der Waals surface area contributed by atoms with Crippen molar-refractivity contribution in [2.24, 2.45) is 5.92 Å². The van der Waals surface area contributed by atoms with Crippen molar-refractivity contribution in [2.45, 2.75) is 57.9 Å². The van der Waals surface area contributed by atoms with Crippen molar-refractivity contribution in [2.75, 3.05) is 19.6 Å². The van der Waals surface area contributed by atoms with Gasteiger partial charge in [0, 0.05) is 25.6 Å². The fourth-order valence-electron chi connectivity index (χ4n) is 2.47. The number of rotatable bonds is 6. The number of unbranched alkanes of at least 4 members (excludes halogenated alkanes) is 1. The van der Waals surface area contributed by atoms with Gasteiger partial charge in [0.05, 0.1) is 0 Å². The largest absolute Gasteiger partial charge is 0.343 e. The molecule has 17 heavy (non-hydrogen) atoms. The Bertz CT molecular complexity index is 243. The summed E-state index contributed by atoms with van der Waals surface area (Å²) in [6, 6.07) is 0.658. The second-order valence-electron chi connectivity index (χ2n) is 5.61. The van der Waals surface area contributed by atoms with E-state index in [-0.39, 0.29) is 0 Å². The standard InChI is InChI=1S/C14H26N2O/c1-2-3-4-14(17)16-9-7-13(8-10-16)15-11-12-5-6-12/h12-13,15H,2-11H2,1H3. The summed E-state index contributed by atoms with van der Waals surface area (Å²) in [4.78, 5) is 13.9. The van der Waals surface area contributed by atoms with Crippen LogP contribution in [0.25, 0.3) is 0 Å². The molecule has 98 valence electrons. The maximum absolute atomic E-state index is 11.8. The lowest BCUT2D eigenvalue weighted by molar-refractivity contribution is -0.132. The van der Waals surface area contributed by atoms with Crippen LogP contribution < -0.4 is 5.32 Å². The van der Waals surface area contributed by atoms with Gasteiger partial charge in [0.15, 0.2) is 0 Å². The van der Waals surface area contributed by atoms with Gasteiger partial charge in [-0.3, -0.25) is 4.79 Å². The Balaban J connectivity index is 1.60. The zero-order chi connectivity index (χ0) is 12.1. The second kappa shape index (κ2) is 6.39. The summed E-state index contributed by atoms with van der Waals surface area (Å²) in [7, 11) is 0. The molecule has 0 bridgehead atoms. The smallest absolute Gasteiger partial charge is 0.222 e. The number of likely N-dealkylation sites (tertiary alicyclic amines) is 1. The molecule has 0 radical (unpaired) electrons. The minimum atomic E-state index is 0.368. The maximum Gasteiger partial charge on any atom is 0.222 e. The summed E-state index contributed by atoms with van der Waals surface area (Å²) >= 11 is 0. The van der Waals surface area contributed by atoms with Gasteiger partial charge < -0.3 is 10.2 Å². The molecule has 0 aromatic carbocycles. The molecule has 1 aliphatic carbocycles. The fraction of sp³-hybridized carbons (Fsp3) is 0.929. The van der Waals surface area contributed by atoms with Crippen LogP contribution in [0.3, 0.4) is 0 Å². The average Bonchev–Trinajstić information content (AvgIpc) is 3.18. The van der Waals surface area contributed by atoms with Crippen molar-refractivity contribution in [3.8, 4) is 0 Å². The average molecular weight is 238 g/mol. The van der Waals surface area contributed by atoms with E-state index in [4.69, 9.17) is 0 Å². The highest BCUT2D eigenvalue weighted by atomic mass is 16.2. The van der Waals surface area contributed by atoms with Gasteiger partial charge in [0.2, 0.25) is 5.91 Å². The van der Waals surface area contributed by atoms with Crippen LogP contribution in [0.15, 0.2) is 0 Å². The molecule has 1 aliphatic heterocycles. The number of amides is 1. The van der Waals surface area contributed by atoms with E-state index in [2.05, 4.69) is 17.1 Å². The van der Waals surface area contributed by atoms with E-state index < -0.39 is 0 Å². The summed E-state index contributed by atoms with van der Waals surface area (Å²) in [6.45, 7) is 5.27. The van der Waals surface area contributed by atoms with E-state index in [1.807, 2.05) is 0 Å². The lowest BCUT2D eigenvalue weighted by Gasteiger charge is -2.32. The molecule has 1 saturated heterocycles. The normalized spacial score (nSPS) is 21.8. The van der Waals surface area contributed by atoms with Crippen LogP contribution in [0.5, 0.6) is 0 Å². The summed E-state index contributed by atoms with van der Waals surface area (Å²) < 4.78 is 0. The lowest BCUT2D eigenvalue weighted by atomic mass is 10.0. The van der Waals surface area contributed by atoms with Gasteiger partial charge in [-0.1, -0.05) is 13.3 Å². The van der Waals surface area contributed by atoms with Crippen LogP contribution in [-0.2, 0) is 4.79 Å². The number of hydrogen-bond donors (Lipinski definition) is 1. The molecule has 1 amide bonds. The Morgan fingerprint density at radius 3 is 2.53 bits per heavy atom. The van der Waals surface area contributed by atoms with Gasteiger partial charge in [-0.2, -0.15) is 0 Å². The van der Waals surface area contributed by atoms with Crippen LogP contribution in [-0.4, -0.2) is 36.5 Å². The van der Waals surface area contributed by atoms with Gasteiger partial charge in [0.25, 0.3) is 0 Å². The molecular weight excluding hydrogens is 212 g/mol. The zero-order valence-electron chi connectivity index (χ0n) is 11.1. The highest BCUT2D eigenvalue weighted by Gasteiger charge is 2.25. The molecule has 2 aliphatic rings. The van der Waals surface area contributed by atoms with Crippen LogP contribution in [0.4, 0.5) is 0 Å². The van der Waals surface area contributed by atoms with Crippen LogP contribution in [0, 0.1) is 5.92 Å². The van der Waals surface area contributed by atoms with Gasteiger partial charge in [0.1, 0.15) is 0 Å². The summed E-state index contributed by atoms with van der Waals surface area (Å²) in [6.07, 6.45) is 8.03. The minimum absolute atomic E-state index is 0.368. The van der Waals surface area contributed by atoms with E-state index >= 15 is 0 Å². The molecule has 0 spiro atoms. The number of hydrogen-bond acceptors (Lipinski definition) is 2. The van der Waals surface area contributed by atoms with Crippen molar-refractivity contribution in [3.05, 3.63) is 0 Å². The SMILES string of the molecule is CCCCC(=O)N1CCC(NCC2CC2)CC1. The monoisotopic (exact) mass is 238 g/mol. The minimum Gasteiger partial charge on any atom is -0.343 e. The number of carbonyl (C=O) groups is 1. The molecule has 1 N–H and O–H groups in total. The first kappa shape index (κ1) is 12.9. The van der Waals surface area contributed by atoms with Crippen molar-refractivity contribution in [1.82, 2.24) is 10.2 Å². The molecule has 0 atom stereocenters. The van der Waals surface area contributed by atoms with Crippen molar-refractivity contribution < 1.29 is 4.79 Å². The summed E-state index contributed by atoms with van der Waals surface area (Å²) in [5, 5.41) is 3.65. The Labute approximate surface area is 105 Å².